The number of fused-ring (bicyclic) bond motifs is 3. The number of carboxylic acids is 1. The van der Waals surface area contributed by atoms with E-state index >= 15 is 0 Å². The first kappa shape index (κ1) is 14.8. The van der Waals surface area contributed by atoms with Crippen LogP contribution in [0.4, 0.5) is 0 Å². The fourth-order valence-corrected chi connectivity index (χ4v) is 4.02. The molecule has 0 bridgehead atoms. The highest BCUT2D eigenvalue weighted by atomic mass is 16.5. The van der Waals surface area contributed by atoms with E-state index in [4.69, 9.17) is 4.74 Å². The summed E-state index contributed by atoms with van der Waals surface area (Å²) in [5, 5.41) is 9.71. The van der Waals surface area contributed by atoms with Gasteiger partial charge in [-0.15, -0.1) is 0 Å². The van der Waals surface area contributed by atoms with Crippen molar-refractivity contribution >= 4 is 11.8 Å². The van der Waals surface area contributed by atoms with E-state index in [0.29, 0.717) is 17.7 Å². The zero-order chi connectivity index (χ0) is 16.1. The number of methoxy groups -OCH3 is 1. The van der Waals surface area contributed by atoms with Crippen molar-refractivity contribution in [3.05, 3.63) is 41.0 Å². The Morgan fingerprint density at radius 2 is 2.00 bits per heavy atom. The van der Waals surface area contributed by atoms with E-state index in [1.54, 1.807) is 32.2 Å². The third kappa shape index (κ3) is 1.83. The molecule has 0 spiro atoms. The van der Waals surface area contributed by atoms with Gasteiger partial charge >= 0.3 is 5.97 Å². The number of carboxylic acid groups (broad SMARTS) is 1. The van der Waals surface area contributed by atoms with Gasteiger partial charge in [0.1, 0.15) is 5.75 Å². The molecule has 2 aliphatic rings. The summed E-state index contributed by atoms with van der Waals surface area (Å²) in [7, 11) is 1.59. The number of carbonyl (C=O) groups is 2. The highest BCUT2D eigenvalue weighted by molar-refractivity contribution is 6.09. The van der Waals surface area contributed by atoms with Gasteiger partial charge in [0.25, 0.3) is 0 Å². The molecule has 0 radical (unpaired) electrons. The lowest BCUT2D eigenvalue weighted by atomic mass is 9.54. The van der Waals surface area contributed by atoms with E-state index in [1.165, 1.54) is 0 Å². The highest BCUT2D eigenvalue weighted by Gasteiger charge is 2.52. The molecule has 1 aromatic rings. The Kier molecular flexibility index (Phi) is 3.17. The van der Waals surface area contributed by atoms with E-state index in [2.05, 4.69) is 0 Å². The molecule has 1 saturated carbocycles. The highest BCUT2D eigenvalue weighted by Crippen LogP contribution is 2.55. The van der Waals surface area contributed by atoms with Crippen LogP contribution in [0.1, 0.15) is 49.0 Å². The van der Waals surface area contributed by atoms with E-state index in [-0.39, 0.29) is 5.78 Å². The van der Waals surface area contributed by atoms with Crippen LogP contribution in [0.15, 0.2) is 29.8 Å². The Labute approximate surface area is 129 Å². The lowest BCUT2D eigenvalue weighted by Gasteiger charge is -2.48. The fraction of sp³-hybridized carbons (Fsp3) is 0.444. The van der Waals surface area contributed by atoms with Crippen LogP contribution >= 0.6 is 0 Å². The van der Waals surface area contributed by atoms with Crippen molar-refractivity contribution in [3.8, 4) is 5.75 Å². The third-order valence-corrected chi connectivity index (χ3v) is 5.38. The Morgan fingerprint density at radius 1 is 1.27 bits per heavy atom. The summed E-state index contributed by atoms with van der Waals surface area (Å²) < 4.78 is 5.29. The van der Waals surface area contributed by atoms with Crippen molar-refractivity contribution < 1.29 is 19.4 Å². The summed E-state index contributed by atoms with van der Waals surface area (Å²) in [6, 6.07) is 5.44. The standard InChI is InChI=1S/C18H20O4/c1-17-7-4-8-18(2,16(20)21)15(17)10-14(19)12-6-5-11(22-3)9-13(12)17/h5-6,9-10H,4,7-8H2,1-3H3,(H,20,21)/t17-,18+/m1/s1. The molecule has 0 unspecified atom stereocenters. The largest absolute Gasteiger partial charge is 0.497 e. The van der Waals surface area contributed by atoms with Crippen LogP contribution in [-0.4, -0.2) is 24.0 Å². The Morgan fingerprint density at radius 3 is 2.64 bits per heavy atom. The predicted molar refractivity (Wildman–Crippen MR) is 82.4 cm³/mol. The van der Waals surface area contributed by atoms with Gasteiger partial charge in [0, 0.05) is 11.0 Å². The minimum Gasteiger partial charge on any atom is -0.497 e. The average Bonchev–Trinajstić information content (AvgIpc) is 2.49. The van der Waals surface area contributed by atoms with Gasteiger partial charge in [-0.05, 0) is 55.2 Å². The van der Waals surface area contributed by atoms with Crippen LogP contribution in [-0.2, 0) is 10.2 Å². The Balaban J connectivity index is 2.25. The third-order valence-electron chi connectivity index (χ3n) is 5.38. The number of ether oxygens (including phenoxy) is 1. The van der Waals surface area contributed by atoms with Gasteiger partial charge in [0.2, 0.25) is 0 Å². The summed E-state index contributed by atoms with van der Waals surface area (Å²) >= 11 is 0. The van der Waals surface area contributed by atoms with E-state index in [9.17, 15) is 14.7 Å². The topological polar surface area (TPSA) is 63.6 Å². The number of carbonyl (C=O) groups excluding carboxylic acids is 1. The second-order valence-corrected chi connectivity index (χ2v) is 6.66. The first-order valence-corrected chi connectivity index (χ1v) is 7.52. The van der Waals surface area contributed by atoms with Crippen LogP contribution in [0.25, 0.3) is 0 Å². The molecule has 0 heterocycles. The van der Waals surface area contributed by atoms with Crippen molar-refractivity contribution in [1.29, 1.82) is 0 Å². The average molecular weight is 300 g/mol. The van der Waals surface area contributed by atoms with Gasteiger partial charge in [-0.25, -0.2) is 0 Å². The number of rotatable bonds is 2. The summed E-state index contributed by atoms with van der Waals surface area (Å²) in [6.07, 6.45) is 3.79. The molecule has 1 N–H and O–H groups in total. The lowest BCUT2D eigenvalue weighted by molar-refractivity contribution is -0.147. The molecule has 2 atom stereocenters. The molecule has 0 amide bonds. The van der Waals surface area contributed by atoms with Crippen LogP contribution < -0.4 is 4.74 Å². The lowest BCUT2D eigenvalue weighted by Crippen LogP contribution is -2.46. The number of hydrogen-bond acceptors (Lipinski definition) is 3. The molecule has 22 heavy (non-hydrogen) atoms. The predicted octanol–water partition coefficient (Wildman–Crippen LogP) is 3.35. The molecule has 2 aliphatic carbocycles. The quantitative estimate of drug-likeness (QED) is 0.909. The monoisotopic (exact) mass is 300 g/mol. The smallest absolute Gasteiger partial charge is 0.313 e. The molecule has 4 nitrogen and oxygen atoms in total. The Bertz CT molecular complexity index is 703. The summed E-state index contributed by atoms with van der Waals surface area (Å²) in [6.45, 7) is 3.78. The van der Waals surface area contributed by atoms with Crippen molar-refractivity contribution in [2.24, 2.45) is 5.41 Å². The molecule has 4 heteroatoms. The second kappa shape index (κ2) is 4.70. The fourth-order valence-electron chi connectivity index (χ4n) is 4.02. The van der Waals surface area contributed by atoms with Gasteiger partial charge in [0.05, 0.1) is 12.5 Å². The van der Waals surface area contributed by atoms with Gasteiger partial charge in [0.15, 0.2) is 5.78 Å². The molecule has 1 aromatic carbocycles. The van der Waals surface area contributed by atoms with Gasteiger partial charge in [-0.2, -0.15) is 0 Å². The molecule has 0 aliphatic heterocycles. The molecule has 116 valence electrons. The van der Waals surface area contributed by atoms with Crippen LogP contribution in [0.3, 0.4) is 0 Å². The van der Waals surface area contributed by atoms with Gasteiger partial charge in [-0.1, -0.05) is 13.3 Å². The summed E-state index contributed by atoms with van der Waals surface area (Å²) in [5.74, 6) is -0.278. The van der Waals surface area contributed by atoms with E-state index in [0.717, 1.165) is 24.0 Å². The molecular weight excluding hydrogens is 280 g/mol. The van der Waals surface area contributed by atoms with Crippen molar-refractivity contribution in [1.82, 2.24) is 0 Å². The number of hydrogen-bond donors (Lipinski definition) is 1. The molecule has 3 rings (SSSR count). The van der Waals surface area contributed by atoms with E-state index in [1.807, 2.05) is 13.0 Å². The molecule has 1 fully saturated rings. The van der Waals surface area contributed by atoms with Crippen molar-refractivity contribution in [3.63, 3.8) is 0 Å². The van der Waals surface area contributed by atoms with Crippen molar-refractivity contribution in [2.45, 2.75) is 38.5 Å². The number of allylic oxidation sites excluding steroid dienone is 1. The number of benzene rings is 1. The van der Waals surface area contributed by atoms with Crippen LogP contribution in [0, 0.1) is 5.41 Å². The SMILES string of the molecule is COc1ccc2c(c1)[C@@]1(C)CCC[C@](C)(C(=O)O)C1=CC2=O. The normalized spacial score (nSPS) is 30.1. The molecular formula is C18H20O4. The number of ketones is 1. The van der Waals surface area contributed by atoms with E-state index < -0.39 is 16.8 Å². The summed E-state index contributed by atoms with van der Waals surface area (Å²) in [4.78, 5) is 24.3. The first-order chi connectivity index (χ1) is 10.3. The zero-order valence-corrected chi connectivity index (χ0v) is 13.1. The maximum Gasteiger partial charge on any atom is 0.313 e. The maximum atomic E-state index is 12.5. The minimum absolute atomic E-state index is 0.112. The first-order valence-electron chi connectivity index (χ1n) is 7.52. The minimum atomic E-state index is -0.983. The molecule has 0 aromatic heterocycles. The maximum absolute atomic E-state index is 12.5. The van der Waals surface area contributed by atoms with Gasteiger partial charge in [-0.3, -0.25) is 9.59 Å². The Hall–Kier alpha value is -2.10. The van der Waals surface area contributed by atoms with Crippen LogP contribution in [0.2, 0.25) is 0 Å². The molecule has 0 saturated heterocycles. The van der Waals surface area contributed by atoms with Gasteiger partial charge < -0.3 is 9.84 Å². The second-order valence-electron chi connectivity index (χ2n) is 6.66. The van der Waals surface area contributed by atoms with Crippen molar-refractivity contribution in [2.75, 3.05) is 7.11 Å². The number of aliphatic carboxylic acids is 1. The summed E-state index contributed by atoms with van der Waals surface area (Å²) in [5.41, 5.74) is 0.861. The zero-order valence-electron chi connectivity index (χ0n) is 13.1. The van der Waals surface area contributed by atoms with Crippen LogP contribution in [0.5, 0.6) is 5.75 Å².